The van der Waals surface area contributed by atoms with Crippen LogP contribution in [0.15, 0.2) is 24.3 Å². The van der Waals surface area contributed by atoms with Gasteiger partial charge in [0.1, 0.15) is 5.82 Å². The summed E-state index contributed by atoms with van der Waals surface area (Å²) in [5.41, 5.74) is 12.3. The van der Waals surface area contributed by atoms with Crippen molar-refractivity contribution in [3.8, 4) is 0 Å². The molecule has 0 aliphatic heterocycles. The van der Waals surface area contributed by atoms with Crippen LogP contribution in [0.25, 0.3) is 5.73 Å². The Balaban J connectivity index is 0.00000256. The summed E-state index contributed by atoms with van der Waals surface area (Å²) in [7, 11) is 0. The van der Waals surface area contributed by atoms with E-state index in [-0.39, 0.29) is 70.3 Å². The summed E-state index contributed by atoms with van der Waals surface area (Å²) >= 11 is 0. The van der Waals surface area contributed by atoms with Crippen molar-refractivity contribution in [3.63, 3.8) is 0 Å². The van der Waals surface area contributed by atoms with Crippen molar-refractivity contribution < 1.29 is 72.2 Å². The van der Waals surface area contributed by atoms with Gasteiger partial charge in [-0.3, -0.25) is 9.59 Å². The molecule has 0 bridgehead atoms. The van der Waals surface area contributed by atoms with Crippen molar-refractivity contribution in [1.82, 2.24) is 5.32 Å². The van der Waals surface area contributed by atoms with Crippen molar-refractivity contribution >= 4 is 11.8 Å². The van der Waals surface area contributed by atoms with Crippen LogP contribution < -0.4 is 69.2 Å². The molecule has 0 saturated heterocycles. The third-order valence-electron chi connectivity index (χ3n) is 1.92. The molecule has 0 aliphatic carbocycles. The quantitative estimate of drug-likeness (QED) is 0.641. The fourth-order valence-corrected chi connectivity index (χ4v) is 0.999. The van der Waals surface area contributed by atoms with E-state index in [0.717, 1.165) is 12.1 Å². The Morgan fingerprint density at radius 3 is 2.35 bits per heavy atom. The molecular weight excluding hydrogens is 299 g/mol. The van der Waals surface area contributed by atoms with E-state index in [2.05, 4.69) is 5.32 Å². The largest absolute Gasteiger partial charge is 1.00 e. The minimum absolute atomic E-state index is 0. The normalized spacial score (nSPS) is 11.2. The number of amides is 2. The number of nitrogens with two attached hydrogens (primary N) is 1. The molecule has 1 aromatic carbocycles. The van der Waals surface area contributed by atoms with Gasteiger partial charge in [-0.25, -0.2) is 4.39 Å². The molecule has 0 aromatic heterocycles. The molecule has 0 heterocycles. The number of hydrogen-bond donors (Lipinski definition) is 2. The predicted octanol–water partition coefficient (Wildman–Crippen LogP) is -2.53. The standard InChI is InChI=1S/C10H11FN3O2.Rb/c11-7-3-1-6(2-4-7)10(16)14-5-8(12)9(13)15;/h1-4,8,12H,5H2,(H2,13,15)(H,14,16);/q-1;+1/t8-;/m0./s1. The number of rotatable bonds is 4. The fraction of sp³-hybridized carbons (Fsp3) is 0.200. The number of benzene rings is 1. The maximum atomic E-state index is 12.5. The first-order chi connectivity index (χ1) is 7.50. The zero-order valence-electron chi connectivity index (χ0n) is 9.37. The first-order valence-electron chi connectivity index (χ1n) is 4.55. The molecule has 86 valence electrons. The Labute approximate surface area is 147 Å². The molecule has 1 rings (SSSR count). The van der Waals surface area contributed by atoms with Gasteiger partial charge in [-0.1, -0.05) is 0 Å². The van der Waals surface area contributed by atoms with Gasteiger partial charge >= 0.3 is 58.2 Å². The number of hydrogen-bond acceptors (Lipinski definition) is 2. The maximum Gasteiger partial charge on any atom is 1.00 e. The molecule has 0 spiro atoms. The number of nitrogens with one attached hydrogen (secondary N) is 2. The molecule has 0 unspecified atom stereocenters. The van der Waals surface area contributed by atoms with Crippen LogP contribution in [0.1, 0.15) is 10.4 Å². The van der Waals surface area contributed by atoms with E-state index in [4.69, 9.17) is 11.5 Å². The third-order valence-corrected chi connectivity index (χ3v) is 1.92. The van der Waals surface area contributed by atoms with Gasteiger partial charge in [0, 0.05) is 12.1 Å². The van der Waals surface area contributed by atoms with E-state index in [9.17, 15) is 14.0 Å². The van der Waals surface area contributed by atoms with E-state index in [1.54, 1.807) is 0 Å². The molecule has 2 amide bonds. The fourth-order valence-electron chi connectivity index (χ4n) is 0.999. The van der Waals surface area contributed by atoms with Crippen LogP contribution in [0.5, 0.6) is 0 Å². The van der Waals surface area contributed by atoms with Gasteiger partial charge in [0.25, 0.3) is 5.91 Å². The van der Waals surface area contributed by atoms with Gasteiger partial charge in [-0.05, 0) is 30.3 Å². The van der Waals surface area contributed by atoms with Crippen LogP contribution in [0.4, 0.5) is 4.39 Å². The Hall–Kier alpha value is -0.145. The molecule has 1 atom stereocenters. The molecule has 0 aliphatic rings. The smallest absolute Gasteiger partial charge is 0.665 e. The summed E-state index contributed by atoms with van der Waals surface area (Å²) in [5, 5.41) is 2.35. The van der Waals surface area contributed by atoms with E-state index in [0.29, 0.717) is 0 Å². The zero-order valence-corrected chi connectivity index (χ0v) is 14.3. The van der Waals surface area contributed by atoms with Crippen LogP contribution in [-0.2, 0) is 4.79 Å². The van der Waals surface area contributed by atoms with E-state index in [1.165, 1.54) is 12.1 Å². The molecule has 0 saturated carbocycles. The first-order valence-corrected chi connectivity index (χ1v) is 4.55. The predicted molar refractivity (Wildman–Crippen MR) is 56.0 cm³/mol. The van der Waals surface area contributed by atoms with Gasteiger partial charge in [0.2, 0.25) is 5.91 Å². The Morgan fingerprint density at radius 2 is 1.88 bits per heavy atom. The number of carbonyl (C=O) groups excluding carboxylic acids is 2. The molecule has 1 aromatic rings. The Bertz CT molecular complexity index is 397. The molecule has 17 heavy (non-hydrogen) atoms. The molecular formula is C10H11FN3O2Rb. The molecule has 5 nitrogen and oxygen atoms in total. The molecule has 4 N–H and O–H groups in total. The molecule has 7 heteroatoms. The van der Waals surface area contributed by atoms with Crippen molar-refractivity contribution in [2.24, 2.45) is 5.73 Å². The molecule has 0 fully saturated rings. The second-order valence-electron chi connectivity index (χ2n) is 3.17. The van der Waals surface area contributed by atoms with Gasteiger partial charge in [-0.15, -0.1) is 0 Å². The summed E-state index contributed by atoms with van der Waals surface area (Å²) in [6.07, 6.45) is 0. The average Bonchev–Trinajstić information content (AvgIpc) is 2.26. The SMILES string of the molecule is [NH-][C@@H](CNC(=O)c1ccc(F)cc1)C(N)=O.[Rb+]. The number of primary amides is 1. The van der Waals surface area contributed by atoms with Crippen LogP contribution in [0, 0.1) is 5.82 Å². The summed E-state index contributed by atoms with van der Waals surface area (Å²) in [4.78, 5) is 21.9. The summed E-state index contributed by atoms with van der Waals surface area (Å²) in [6.45, 7) is -0.161. The van der Waals surface area contributed by atoms with E-state index in [1.807, 2.05) is 0 Å². The van der Waals surface area contributed by atoms with Crippen LogP contribution in [-0.4, -0.2) is 24.4 Å². The van der Waals surface area contributed by atoms with Crippen LogP contribution in [0.3, 0.4) is 0 Å². The van der Waals surface area contributed by atoms with Crippen molar-refractivity contribution in [2.45, 2.75) is 6.04 Å². The van der Waals surface area contributed by atoms with Gasteiger partial charge in [-0.2, -0.15) is 0 Å². The monoisotopic (exact) mass is 309 g/mol. The summed E-state index contributed by atoms with van der Waals surface area (Å²) in [6, 6.07) is 3.76. The topological polar surface area (TPSA) is 96.0 Å². The minimum atomic E-state index is -1.18. The Kier molecular flexibility index (Phi) is 7.98. The van der Waals surface area contributed by atoms with E-state index >= 15 is 0 Å². The average molecular weight is 310 g/mol. The van der Waals surface area contributed by atoms with Crippen LogP contribution >= 0.6 is 0 Å². The zero-order chi connectivity index (χ0) is 12.1. The van der Waals surface area contributed by atoms with Crippen molar-refractivity contribution in [2.75, 3.05) is 6.54 Å². The van der Waals surface area contributed by atoms with Crippen LogP contribution in [0.2, 0.25) is 0 Å². The van der Waals surface area contributed by atoms with Gasteiger partial charge in [0.05, 0.1) is 0 Å². The number of halogens is 1. The molecule has 0 radical (unpaired) electrons. The second kappa shape index (κ2) is 8.04. The van der Waals surface area contributed by atoms with Crippen molar-refractivity contribution in [1.29, 1.82) is 0 Å². The minimum Gasteiger partial charge on any atom is -0.665 e. The summed E-state index contributed by atoms with van der Waals surface area (Å²) < 4.78 is 12.5. The van der Waals surface area contributed by atoms with Crippen molar-refractivity contribution in [3.05, 3.63) is 41.4 Å². The second-order valence-corrected chi connectivity index (χ2v) is 3.17. The van der Waals surface area contributed by atoms with Gasteiger partial charge in [0.15, 0.2) is 0 Å². The third kappa shape index (κ3) is 5.83. The van der Waals surface area contributed by atoms with E-state index < -0.39 is 23.7 Å². The first kappa shape index (κ1) is 16.9. The van der Waals surface area contributed by atoms with Gasteiger partial charge < -0.3 is 16.8 Å². The summed E-state index contributed by atoms with van der Waals surface area (Å²) in [5.74, 6) is -1.72. The Morgan fingerprint density at radius 1 is 1.35 bits per heavy atom. The number of carbonyl (C=O) groups is 2. The maximum absolute atomic E-state index is 12.5.